The van der Waals surface area contributed by atoms with Crippen LogP contribution in [-0.2, 0) is 0 Å². The van der Waals surface area contributed by atoms with Crippen molar-refractivity contribution in [2.75, 3.05) is 14.2 Å². The lowest BCUT2D eigenvalue weighted by Gasteiger charge is -2.07. The minimum absolute atomic E-state index is 0.424. The number of methoxy groups -OCH3 is 2. The van der Waals surface area contributed by atoms with Crippen molar-refractivity contribution in [1.29, 1.82) is 0 Å². The summed E-state index contributed by atoms with van der Waals surface area (Å²) in [6.07, 6.45) is 5.05. The van der Waals surface area contributed by atoms with E-state index >= 15 is 0 Å². The third-order valence-corrected chi connectivity index (χ3v) is 1.72. The molecule has 0 bridgehead atoms. The van der Waals surface area contributed by atoms with Crippen LogP contribution in [0, 0.1) is 10.1 Å². The fraction of sp³-hybridized carbons (Fsp3) is 0.222. The second kappa shape index (κ2) is 4.94. The molecule has 0 aliphatic heterocycles. The molecule has 0 aliphatic rings. The van der Waals surface area contributed by atoms with Gasteiger partial charge >= 0.3 is 0 Å². The van der Waals surface area contributed by atoms with Crippen LogP contribution in [0.4, 0.5) is 0 Å². The van der Waals surface area contributed by atoms with E-state index in [9.17, 15) is 10.1 Å². The standard InChI is InChI=1S/C9H10N2O4/c1-14-8-5-10-6-9(15-2)7(8)3-4-11(12)13/h3-6H,1-2H3/b4-3+. The average Bonchev–Trinajstić information content (AvgIpc) is 2.25. The largest absolute Gasteiger partial charge is 0.494 e. The van der Waals surface area contributed by atoms with Crippen LogP contribution < -0.4 is 9.47 Å². The lowest BCUT2D eigenvalue weighted by atomic mass is 10.2. The maximum Gasteiger partial charge on any atom is 0.235 e. The summed E-state index contributed by atoms with van der Waals surface area (Å²) in [5.74, 6) is 0.847. The Hall–Kier alpha value is -2.11. The Kier molecular flexibility index (Phi) is 3.61. The summed E-state index contributed by atoms with van der Waals surface area (Å²) in [6.45, 7) is 0. The molecule has 0 amide bonds. The molecule has 1 rings (SSSR count). The Morgan fingerprint density at radius 3 is 2.27 bits per heavy atom. The van der Waals surface area contributed by atoms with E-state index in [-0.39, 0.29) is 0 Å². The smallest absolute Gasteiger partial charge is 0.235 e. The predicted molar refractivity (Wildman–Crippen MR) is 53.4 cm³/mol. The second-order valence-corrected chi connectivity index (χ2v) is 2.56. The minimum atomic E-state index is -0.556. The summed E-state index contributed by atoms with van der Waals surface area (Å²) >= 11 is 0. The van der Waals surface area contributed by atoms with Crippen molar-refractivity contribution in [3.05, 3.63) is 34.3 Å². The van der Waals surface area contributed by atoms with E-state index in [1.54, 1.807) is 0 Å². The number of hydrogen-bond acceptors (Lipinski definition) is 5. The van der Waals surface area contributed by atoms with Crippen molar-refractivity contribution in [2.24, 2.45) is 0 Å². The summed E-state index contributed by atoms with van der Waals surface area (Å²) in [6, 6.07) is 0. The molecule has 0 fully saturated rings. The summed E-state index contributed by atoms with van der Waals surface area (Å²) in [5, 5.41) is 10.2. The third kappa shape index (κ3) is 2.67. The summed E-state index contributed by atoms with van der Waals surface area (Å²) in [5.41, 5.74) is 0.492. The van der Waals surface area contributed by atoms with Gasteiger partial charge in [0.1, 0.15) is 11.5 Å². The second-order valence-electron chi connectivity index (χ2n) is 2.56. The Labute approximate surface area is 86.3 Å². The monoisotopic (exact) mass is 210 g/mol. The van der Waals surface area contributed by atoms with Crippen molar-refractivity contribution in [3.8, 4) is 11.5 Å². The minimum Gasteiger partial charge on any atom is -0.494 e. The first-order valence-electron chi connectivity index (χ1n) is 4.06. The highest BCUT2D eigenvalue weighted by Gasteiger charge is 2.08. The van der Waals surface area contributed by atoms with Crippen molar-refractivity contribution in [3.63, 3.8) is 0 Å². The van der Waals surface area contributed by atoms with Gasteiger partial charge in [-0.05, 0) is 0 Å². The van der Waals surface area contributed by atoms with E-state index in [2.05, 4.69) is 4.98 Å². The molecule has 1 aromatic rings. The molecule has 1 heterocycles. The molecule has 6 nitrogen and oxygen atoms in total. The molecular formula is C9H10N2O4. The molecule has 0 aliphatic carbocycles. The van der Waals surface area contributed by atoms with Gasteiger partial charge in [0.2, 0.25) is 6.20 Å². The van der Waals surface area contributed by atoms with Crippen LogP contribution in [0.15, 0.2) is 18.6 Å². The van der Waals surface area contributed by atoms with E-state index in [1.165, 1.54) is 32.7 Å². The van der Waals surface area contributed by atoms with Crippen molar-refractivity contribution in [1.82, 2.24) is 4.98 Å². The number of rotatable bonds is 4. The zero-order chi connectivity index (χ0) is 11.3. The maximum atomic E-state index is 10.2. The third-order valence-electron chi connectivity index (χ3n) is 1.72. The van der Waals surface area contributed by atoms with Crippen LogP contribution in [0.3, 0.4) is 0 Å². The van der Waals surface area contributed by atoms with Gasteiger partial charge in [-0.3, -0.25) is 15.1 Å². The van der Waals surface area contributed by atoms with Crippen LogP contribution in [0.25, 0.3) is 6.08 Å². The van der Waals surface area contributed by atoms with Gasteiger partial charge < -0.3 is 9.47 Å². The Bertz CT molecular complexity index is 367. The first-order valence-corrected chi connectivity index (χ1v) is 4.06. The molecule has 0 spiro atoms. The molecule has 80 valence electrons. The highest BCUT2D eigenvalue weighted by atomic mass is 16.6. The molecule has 0 radical (unpaired) electrons. The number of pyridine rings is 1. The zero-order valence-electron chi connectivity index (χ0n) is 8.34. The normalized spacial score (nSPS) is 10.3. The van der Waals surface area contributed by atoms with Crippen LogP contribution in [0.5, 0.6) is 11.5 Å². The van der Waals surface area contributed by atoms with Gasteiger partial charge in [-0.25, -0.2) is 0 Å². The number of hydrogen-bond donors (Lipinski definition) is 0. The van der Waals surface area contributed by atoms with Gasteiger partial charge in [0, 0.05) is 6.08 Å². The lowest BCUT2D eigenvalue weighted by molar-refractivity contribution is -0.400. The van der Waals surface area contributed by atoms with Gasteiger partial charge in [0.05, 0.1) is 37.1 Å². The number of nitro groups is 1. The molecule has 6 heteroatoms. The summed E-state index contributed by atoms with van der Waals surface area (Å²) in [7, 11) is 2.92. The SMILES string of the molecule is COc1cncc(OC)c1/C=C/[N+](=O)[O-]. The number of nitrogens with zero attached hydrogens (tertiary/aromatic N) is 2. The van der Waals surface area contributed by atoms with E-state index < -0.39 is 4.92 Å². The van der Waals surface area contributed by atoms with Crippen molar-refractivity contribution >= 4 is 6.08 Å². The molecule has 0 aromatic carbocycles. The van der Waals surface area contributed by atoms with Gasteiger partial charge in [-0.2, -0.15) is 0 Å². The average molecular weight is 210 g/mol. The molecule has 0 saturated heterocycles. The first-order chi connectivity index (χ1) is 7.19. The molecular weight excluding hydrogens is 200 g/mol. The summed E-state index contributed by atoms with van der Waals surface area (Å²) < 4.78 is 10.0. The van der Waals surface area contributed by atoms with Gasteiger partial charge in [-0.15, -0.1) is 0 Å². The van der Waals surface area contributed by atoms with Gasteiger partial charge in [0.25, 0.3) is 0 Å². The highest BCUT2D eigenvalue weighted by molar-refractivity contribution is 5.62. The Morgan fingerprint density at radius 2 is 1.87 bits per heavy atom. The van der Waals surface area contributed by atoms with E-state index in [1.807, 2.05) is 0 Å². The van der Waals surface area contributed by atoms with Gasteiger partial charge in [0.15, 0.2) is 0 Å². The topological polar surface area (TPSA) is 74.5 Å². The molecule has 1 aromatic heterocycles. The van der Waals surface area contributed by atoms with Crippen molar-refractivity contribution in [2.45, 2.75) is 0 Å². The lowest BCUT2D eigenvalue weighted by Crippen LogP contribution is -1.94. The van der Waals surface area contributed by atoms with Crippen molar-refractivity contribution < 1.29 is 14.4 Å². The van der Waals surface area contributed by atoms with Crippen LogP contribution in [0.1, 0.15) is 5.56 Å². The number of aromatic nitrogens is 1. The van der Waals surface area contributed by atoms with Gasteiger partial charge in [-0.1, -0.05) is 0 Å². The van der Waals surface area contributed by atoms with Crippen LogP contribution in [0.2, 0.25) is 0 Å². The molecule has 15 heavy (non-hydrogen) atoms. The fourth-order valence-electron chi connectivity index (χ4n) is 1.06. The Morgan fingerprint density at radius 1 is 1.33 bits per heavy atom. The molecule has 0 saturated carbocycles. The molecule has 0 unspecified atom stereocenters. The maximum absolute atomic E-state index is 10.2. The first kappa shape index (κ1) is 11.0. The summed E-state index contributed by atoms with van der Waals surface area (Å²) in [4.78, 5) is 13.5. The number of ether oxygens (including phenoxy) is 2. The quantitative estimate of drug-likeness (QED) is 0.553. The van der Waals surface area contributed by atoms with Crippen LogP contribution >= 0.6 is 0 Å². The molecule has 0 atom stereocenters. The zero-order valence-corrected chi connectivity index (χ0v) is 8.34. The predicted octanol–water partition coefficient (Wildman–Crippen LogP) is 1.35. The van der Waals surface area contributed by atoms with Crippen LogP contribution in [-0.4, -0.2) is 24.1 Å². The van der Waals surface area contributed by atoms with E-state index in [0.29, 0.717) is 17.1 Å². The highest BCUT2D eigenvalue weighted by Crippen LogP contribution is 2.27. The fourth-order valence-corrected chi connectivity index (χ4v) is 1.06. The molecule has 0 N–H and O–H groups in total. The Balaban J connectivity index is 3.16. The van der Waals surface area contributed by atoms with E-state index in [4.69, 9.17) is 9.47 Å². The van der Waals surface area contributed by atoms with E-state index in [0.717, 1.165) is 6.20 Å².